The lowest BCUT2D eigenvalue weighted by Crippen LogP contribution is -2.31. The van der Waals surface area contributed by atoms with Gasteiger partial charge in [-0.2, -0.15) is 0 Å². The van der Waals surface area contributed by atoms with Crippen LogP contribution in [0.15, 0.2) is 72.8 Å². The number of carbonyl (C=O) groups excluding carboxylic acids is 4. The molecule has 0 bridgehead atoms. The van der Waals surface area contributed by atoms with E-state index >= 15 is 0 Å². The number of ether oxygens (including phenoxy) is 1. The first-order chi connectivity index (χ1) is 18.0. The maximum Gasteiger partial charge on any atom is 0.338 e. The van der Waals surface area contributed by atoms with Crippen LogP contribution >= 0.6 is 0 Å². The van der Waals surface area contributed by atoms with E-state index in [9.17, 15) is 19.2 Å². The number of rotatable bonds is 8. The number of ketones is 1. The van der Waals surface area contributed by atoms with Gasteiger partial charge < -0.3 is 4.74 Å². The minimum Gasteiger partial charge on any atom is -0.454 e. The van der Waals surface area contributed by atoms with Gasteiger partial charge in [-0.25, -0.2) is 4.79 Å². The van der Waals surface area contributed by atoms with E-state index in [0.717, 1.165) is 5.56 Å². The zero-order valence-corrected chi connectivity index (χ0v) is 20.7. The number of hydrogen-bond acceptors (Lipinski definition) is 5. The summed E-state index contributed by atoms with van der Waals surface area (Å²) in [6, 6.07) is 21.5. The lowest BCUT2D eigenvalue weighted by atomic mass is 9.84. The molecule has 1 fully saturated rings. The smallest absolute Gasteiger partial charge is 0.338 e. The Morgan fingerprint density at radius 2 is 1.46 bits per heavy atom. The number of esters is 1. The Morgan fingerprint density at radius 3 is 2.19 bits per heavy atom. The highest BCUT2D eigenvalue weighted by Gasteiger charge is 2.35. The van der Waals surface area contributed by atoms with Crippen LogP contribution in [0.3, 0.4) is 0 Å². The van der Waals surface area contributed by atoms with Crippen molar-refractivity contribution in [3.63, 3.8) is 0 Å². The van der Waals surface area contributed by atoms with E-state index in [1.807, 2.05) is 42.5 Å². The highest BCUT2D eigenvalue weighted by Crippen LogP contribution is 2.32. The molecule has 1 saturated carbocycles. The molecule has 1 aliphatic heterocycles. The first-order valence-corrected chi connectivity index (χ1v) is 12.9. The Balaban J connectivity index is 1.19. The zero-order valence-electron chi connectivity index (χ0n) is 20.7. The second-order valence-corrected chi connectivity index (χ2v) is 9.71. The van der Waals surface area contributed by atoms with Crippen LogP contribution in [-0.2, 0) is 11.2 Å². The van der Waals surface area contributed by atoms with Gasteiger partial charge in [0.05, 0.1) is 16.7 Å². The fraction of sp³-hybridized carbons (Fsp3) is 0.290. The fourth-order valence-electron chi connectivity index (χ4n) is 5.18. The summed E-state index contributed by atoms with van der Waals surface area (Å²) in [5.74, 6) is -1.25. The molecule has 2 aliphatic rings. The molecule has 0 aromatic heterocycles. The van der Waals surface area contributed by atoms with Crippen LogP contribution < -0.4 is 0 Å². The number of hydrogen-bond donors (Lipinski definition) is 0. The second-order valence-electron chi connectivity index (χ2n) is 9.71. The van der Waals surface area contributed by atoms with E-state index in [4.69, 9.17) is 4.74 Å². The molecule has 3 aromatic carbocycles. The molecule has 6 heteroatoms. The lowest BCUT2D eigenvalue weighted by molar-refractivity contribution is 0.0474. The van der Waals surface area contributed by atoms with Crippen molar-refractivity contribution in [1.82, 2.24) is 4.90 Å². The number of Topliss-reactive ketones (excluding diaryl/α,β-unsaturated/α-hetero) is 1. The van der Waals surface area contributed by atoms with Gasteiger partial charge >= 0.3 is 5.97 Å². The molecule has 5 rings (SSSR count). The van der Waals surface area contributed by atoms with Gasteiger partial charge in [0.1, 0.15) is 0 Å². The molecular formula is C31H29NO5. The molecule has 0 saturated heterocycles. The summed E-state index contributed by atoms with van der Waals surface area (Å²) in [6.45, 7) is -0.140. The highest BCUT2D eigenvalue weighted by atomic mass is 16.5. The van der Waals surface area contributed by atoms with Crippen molar-refractivity contribution in [2.24, 2.45) is 0 Å². The number of amides is 2. The average Bonchev–Trinajstić information content (AvgIpc) is 3.19. The van der Waals surface area contributed by atoms with Gasteiger partial charge in [0.25, 0.3) is 11.8 Å². The van der Waals surface area contributed by atoms with Crippen molar-refractivity contribution in [2.45, 2.75) is 44.4 Å². The van der Waals surface area contributed by atoms with Gasteiger partial charge in [-0.15, -0.1) is 0 Å². The Kier molecular flexibility index (Phi) is 7.26. The van der Waals surface area contributed by atoms with E-state index in [-0.39, 0.29) is 34.9 Å². The molecule has 0 spiro atoms. The Labute approximate surface area is 216 Å². The van der Waals surface area contributed by atoms with Crippen LogP contribution in [0.5, 0.6) is 0 Å². The zero-order chi connectivity index (χ0) is 25.8. The monoisotopic (exact) mass is 495 g/mol. The molecule has 2 amide bonds. The van der Waals surface area contributed by atoms with Gasteiger partial charge in [0.15, 0.2) is 12.4 Å². The first kappa shape index (κ1) is 24.6. The Bertz CT molecular complexity index is 1320. The van der Waals surface area contributed by atoms with Crippen LogP contribution in [0.1, 0.15) is 90.6 Å². The SMILES string of the molecule is O=C(COC(=O)c1ccc2c(c1)C(=O)N(CCc1ccccc1)C2=O)c1ccc(C2CCCCC2)cc1. The largest absolute Gasteiger partial charge is 0.454 e. The summed E-state index contributed by atoms with van der Waals surface area (Å²) in [5.41, 5.74) is 3.35. The number of carbonyl (C=O) groups is 4. The summed E-state index contributed by atoms with van der Waals surface area (Å²) in [6.07, 6.45) is 6.70. The van der Waals surface area contributed by atoms with Crippen molar-refractivity contribution in [2.75, 3.05) is 13.2 Å². The predicted octanol–water partition coefficient (Wildman–Crippen LogP) is 5.61. The molecule has 1 heterocycles. The van der Waals surface area contributed by atoms with Crippen molar-refractivity contribution >= 4 is 23.6 Å². The first-order valence-electron chi connectivity index (χ1n) is 12.9. The predicted molar refractivity (Wildman–Crippen MR) is 139 cm³/mol. The number of benzene rings is 3. The molecule has 37 heavy (non-hydrogen) atoms. The molecule has 6 nitrogen and oxygen atoms in total. The van der Waals surface area contributed by atoms with E-state index in [1.165, 1.54) is 60.8 Å². The summed E-state index contributed by atoms with van der Waals surface area (Å²) in [7, 11) is 0. The maximum atomic E-state index is 12.9. The summed E-state index contributed by atoms with van der Waals surface area (Å²) >= 11 is 0. The number of imide groups is 1. The van der Waals surface area contributed by atoms with Crippen LogP contribution in [0.25, 0.3) is 0 Å². The molecule has 3 aromatic rings. The van der Waals surface area contributed by atoms with E-state index in [1.54, 1.807) is 12.1 Å². The quantitative estimate of drug-likeness (QED) is 0.230. The van der Waals surface area contributed by atoms with Crippen molar-refractivity contribution in [1.29, 1.82) is 0 Å². The number of fused-ring (bicyclic) bond motifs is 1. The van der Waals surface area contributed by atoms with E-state index in [2.05, 4.69) is 0 Å². The molecule has 0 atom stereocenters. The summed E-state index contributed by atoms with van der Waals surface area (Å²) in [4.78, 5) is 52.1. The molecular weight excluding hydrogens is 466 g/mol. The lowest BCUT2D eigenvalue weighted by Gasteiger charge is -2.22. The number of nitrogens with zero attached hydrogens (tertiary/aromatic N) is 1. The Morgan fingerprint density at radius 1 is 0.784 bits per heavy atom. The fourth-order valence-corrected chi connectivity index (χ4v) is 5.18. The van der Waals surface area contributed by atoms with Gasteiger partial charge in [0.2, 0.25) is 0 Å². The molecule has 188 valence electrons. The molecule has 0 unspecified atom stereocenters. The topological polar surface area (TPSA) is 80.8 Å². The molecule has 0 N–H and O–H groups in total. The summed E-state index contributed by atoms with van der Waals surface area (Å²) < 4.78 is 5.25. The van der Waals surface area contributed by atoms with Crippen LogP contribution in [0.4, 0.5) is 0 Å². The maximum absolute atomic E-state index is 12.9. The van der Waals surface area contributed by atoms with Crippen molar-refractivity contribution in [3.8, 4) is 0 Å². The minimum atomic E-state index is -0.710. The normalized spacial score (nSPS) is 15.5. The third-order valence-corrected chi connectivity index (χ3v) is 7.32. The van der Waals surface area contributed by atoms with Crippen molar-refractivity contribution in [3.05, 3.63) is 106 Å². The third kappa shape index (κ3) is 5.38. The van der Waals surface area contributed by atoms with Crippen molar-refractivity contribution < 1.29 is 23.9 Å². The highest BCUT2D eigenvalue weighted by molar-refractivity contribution is 6.22. The molecule has 1 aliphatic carbocycles. The second kappa shape index (κ2) is 10.9. The van der Waals surface area contributed by atoms with Gasteiger partial charge in [0, 0.05) is 12.1 Å². The van der Waals surface area contributed by atoms with Gasteiger partial charge in [-0.05, 0) is 54.5 Å². The Hall–Kier alpha value is -4.06. The van der Waals surface area contributed by atoms with Gasteiger partial charge in [-0.1, -0.05) is 73.9 Å². The van der Waals surface area contributed by atoms with Crippen LogP contribution in [-0.4, -0.2) is 41.6 Å². The van der Waals surface area contributed by atoms with E-state index < -0.39 is 18.5 Å². The van der Waals surface area contributed by atoms with Crippen LogP contribution in [0, 0.1) is 0 Å². The average molecular weight is 496 g/mol. The van der Waals surface area contributed by atoms with Gasteiger partial charge in [-0.3, -0.25) is 19.3 Å². The minimum absolute atomic E-state index is 0.130. The van der Waals surface area contributed by atoms with E-state index in [0.29, 0.717) is 17.9 Å². The summed E-state index contributed by atoms with van der Waals surface area (Å²) in [5, 5.41) is 0. The third-order valence-electron chi connectivity index (χ3n) is 7.32. The van der Waals surface area contributed by atoms with Crippen LogP contribution in [0.2, 0.25) is 0 Å². The standard InChI is InChI=1S/C31H29NO5/c33-28(24-13-11-23(12-14-24)22-9-5-2-6-10-22)20-37-31(36)25-15-16-26-27(19-25)30(35)32(29(26)34)18-17-21-7-3-1-4-8-21/h1,3-4,7-8,11-16,19,22H,2,5-6,9-10,17-18,20H2. The molecule has 0 radical (unpaired) electrons.